The fourth-order valence-corrected chi connectivity index (χ4v) is 5.88. The van der Waals surface area contributed by atoms with Crippen molar-refractivity contribution in [2.75, 3.05) is 23.4 Å². The second-order valence-corrected chi connectivity index (χ2v) is 11.1. The molecule has 0 bridgehead atoms. The van der Waals surface area contributed by atoms with Crippen LogP contribution < -0.4 is 15.5 Å². The number of para-hydroxylation sites is 1. The Hall–Kier alpha value is -5.23. The largest absolute Gasteiger partial charge is 0.416 e. The van der Waals surface area contributed by atoms with Crippen LogP contribution in [0.15, 0.2) is 90.5 Å². The maximum absolute atomic E-state index is 14.3. The van der Waals surface area contributed by atoms with Gasteiger partial charge in [0.15, 0.2) is 0 Å². The zero-order valence-corrected chi connectivity index (χ0v) is 24.7. The van der Waals surface area contributed by atoms with Crippen LogP contribution in [0.4, 0.5) is 24.7 Å². The first kappa shape index (κ1) is 30.8. The lowest BCUT2D eigenvalue weighted by molar-refractivity contribution is -0.137. The van der Waals surface area contributed by atoms with Crippen molar-refractivity contribution in [1.82, 2.24) is 15.1 Å². The van der Waals surface area contributed by atoms with E-state index in [9.17, 15) is 32.7 Å². The predicted octanol–water partition coefficient (Wildman–Crippen LogP) is 5.13. The number of benzene rings is 3. The van der Waals surface area contributed by atoms with Gasteiger partial charge in [0.05, 0.1) is 30.1 Å². The third kappa shape index (κ3) is 5.79. The Bertz CT molecular complexity index is 1850. The number of aliphatic hydroxyl groups excluding tert-OH is 1. The number of nitrogens with zero attached hydrogens (tertiary/aromatic N) is 3. The Kier molecular flexibility index (Phi) is 8.22. The number of carbonyl (C=O) groups is 3. The number of alkyl halides is 3. The summed E-state index contributed by atoms with van der Waals surface area (Å²) in [5.41, 5.74) is 2.20. The molecule has 1 aliphatic carbocycles. The number of anilines is 2. The molecule has 0 radical (unpaired) electrons. The maximum Gasteiger partial charge on any atom is 0.416 e. The number of carbonyl (C=O) groups excluding carboxylic acids is 3. The van der Waals surface area contributed by atoms with Gasteiger partial charge in [-0.05, 0) is 67.8 Å². The van der Waals surface area contributed by atoms with E-state index in [0.29, 0.717) is 46.0 Å². The molecule has 0 saturated heterocycles. The van der Waals surface area contributed by atoms with E-state index in [2.05, 4.69) is 10.6 Å². The molecule has 12 heteroatoms. The maximum atomic E-state index is 14.3. The number of fused-ring (bicyclic) bond motifs is 1. The summed E-state index contributed by atoms with van der Waals surface area (Å²) in [5, 5.41) is 20.3. The molecule has 0 unspecified atom stereocenters. The van der Waals surface area contributed by atoms with Gasteiger partial charge in [-0.1, -0.05) is 42.5 Å². The number of aryl methyl sites for hydroxylation is 1. The van der Waals surface area contributed by atoms with E-state index < -0.39 is 42.1 Å². The van der Waals surface area contributed by atoms with Crippen LogP contribution in [0.2, 0.25) is 0 Å². The number of rotatable bonds is 8. The molecule has 0 fully saturated rings. The lowest BCUT2D eigenvalue weighted by Gasteiger charge is -2.38. The molecule has 0 spiro atoms. The average molecular weight is 630 g/mol. The quantitative estimate of drug-likeness (QED) is 0.250. The number of aromatic nitrogens is 2. The standard InChI is InChI=1S/C34H30F3N5O4/c1-20-27-28(22-10-7-13-25(19-22)38-30(44)21-8-5-9-21)29(39-31(45)23-11-6-12-24(18-23)34(35,36)37)33(46)41(16-17-43)32(27)42(40-20)26-14-3-2-4-15-26/h2-4,6-8,10-15,18-19,28-29,43H,5,9,16-17H2,1H3,(H,38,44)(H,39,45)/t28-,29+/m0/s1. The fourth-order valence-electron chi connectivity index (χ4n) is 5.88. The van der Waals surface area contributed by atoms with Crippen molar-refractivity contribution in [3.8, 4) is 5.69 Å². The fraction of sp³-hybridized carbons (Fsp3) is 0.235. The van der Waals surface area contributed by atoms with Crippen molar-refractivity contribution < 1.29 is 32.7 Å². The van der Waals surface area contributed by atoms with Gasteiger partial charge in [0.1, 0.15) is 11.9 Å². The Balaban J connectivity index is 1.48. The first-order valence-corrected chi connectivity index (χ1v) is 14.7. The van der Waals surface area contributed by atoms with Crippen LogP contribution in [0.25, 0.3) is 5.69 Å². The van der Waals surface area contributed by atoms with E-state index in [-0.39, 0.29) is 18.0 Å². The van der Waals surface area contributed by atoms with Crippen LogP contribution in [0.1, 0.15) is 51.5 Å². The highest BCUT2D eigenvalue weighted by atomic mass is 19.4. The van der Waals surface area contributed by atoms with Gasteiger partial charge in [-0.25, -0.2) is 4.68 Å². The van der Waals surface area contributed by atoms with Gasteiger partial charge in [-0.15, -0.1) is 0 Å². The highest BCUT2D eigenvalue weighted by molar-refractivity contribution is 6.06. The molecule has 9 nitrogen and oxygen atoms in total. The lowest BCUT2D eigenvalue weighted by atomic mass is 9.80. The van der Waals surface area contributed by atoms with Crippen molar-refractivity contribution in [2.45, 2.75) is 37.9 Å². The van der Waals surface area contributed by atoms with Gasteiger partial charge in [0.25, 0.3) is 17.7 Å². The second kappa shape index (κ2) is 12.3. The van der Waals surface area contributed by atoms with Crippen molar-refractivity contribution in [2.24, 2.45) is 0 Å². The molecule has 1 aromatic heterocycles. The van der Waals surface area contributed by atoms with Gasteiger partial charge in [0, 0.05) is 28.3 Å². The first-order valence-electron chi connectivity index (χ1n) is 14.7. The van der Waals surface area contributed by atoms with E-state index in [0.717, 1.165) is 24.6 Å². The molecule has 0 saturated carbocycles. The Morgan fingerprint density at radius 3 is 2.41 bits per heavy atom. The average Bonchev–Trinajstić information content (AvgIpc) is 3.35. The normalized spacial score (nSPS) is 17.5. The highest BCUT2D eigenvalue weighted by Crippen LogP contribution is 2.44. The Morgan fingerprint density at radius 2 is 1.74 bits per heavy atom. The third-order valence-electron chi connectivity index (χ3n) is 8.18. The van der Waals surface area contributed by atoms with Crippen LogP contribution in [0.3, 0.4) is 0 Å². The van der Waals surface area contributed by atoms with E-state index >= 15 is 0 Å². The number of hydrogen-bond acceptors (Lipinski definition) is 5. The predicted molar refractivity (Wildman–Crippen MR) is 165 cm³/mol. The van der Waals surface area contributed by atoms with Gasteiger partial charge < -0.3 is 15.7 Å². The van der Waals surface area contributed by atoms with Crippen LogP contribution >= 0.6 is 0 Å². The molecular formula is C34H30F3N5O4. The van der Waals surface area contributed by atoms with Crippen LogP contribution in [0, 0.1) is 6.92 Å². The second-order valence-electron chi connectivity index (χ2n) is 11.1. The monoisotopic (exact) mass is 629 g/mol. The van der Waals surface area contributed by atoms with E-state index in [1.807, 2.05) is 36.4 Å². The summed E-state index contributed by atoms with van der Waals surface area (Å²) in [6.07, 6.45) is -1.32. The Labute approximate surface area is 262 Å². The summed E-state index contributed by atoms with van der Waals surface area (Å²) < 4.78 is 42.0. The molecule has 2 aliphatic rings. The molecule has 2 heterocycles. The molecule has 3 aromatic carbocycles. The van der Waals surface area contributed by atoms with Crippen LogP contribution in [0.5, 0.6) is 0 Å². The minimum absolute atomic E-state index is 0.127. The number of amides is 3. The van der Waals surface area contributed by atoms with Crippen molar-refractivity contribution >= 4 is 29.2 Å². The number of halogens is 3. The number of β-amino-alcohol motifs (C(OH)–C–C–N with tert-alkyl or cyclic N) is 1. The van der Waals surface area contributed by atoms with Crippen molar-refractivity contribution in [3.63, 3.8) is 0 Å². The van der Waals surface area contributed by atoms with Crippen molar-refractivity contribution in [3.05, 3.63) is 118 Å². The molecule has 3 amide bonds. The van der Waals surface area contributed by atoms with Crippen molar-refractivity contribution in [1.29, 1.82) is 0 Å². The zero-order valence-electron chi connectivity index (χ0n) is 24.7. The summed E-state index contributed by atoms with van der Waals surface area (Å²) in [7, 11) is 0. The van der Waals surface area contributed by atoms with Crippen LogP contribution in [-0.4, -0.2) is 51.8 Å². The molecule has 3 N–H and O–H groups in total. The summed E-state index contributed by atoms with van der Waals surface area (Å²) >= 11 is 0. The summed E-state index contributed by atoms with van der Waals surface area (Å²) in [6.45, 7) is 1.23. The van der Waals surface area contributed by atoms with Gasteiger partial charge in [0.2, 0.25) is 0 Å². The molecule has 1 aliphatic heterocycles. The Morgan fingerprint density at radius 1 is 1.00 bits per heavy atom. The minimum Gasteiger partial charge on any atom is -0.395 e. The zero-order chi connectivity index (χ0) is 32.6. The third-order valence-corrected chi connectivity index (χ3v) is 8.18. The lowest BCUT2D eigenvalue weighted by Crippen LogP contribution is -2.56. The molecule has 6 rings (SSSR count). The smallest absolute Gasteiger partial charge is 0.395 e. The number of allylic oxidation sites excluding steroid dienone is 1. The summed E-state index contributed by atoms with van der Waals surface area (Å²) in [5.74, 6) is -2.16. The molecule has 2 atom stereocenters. The number of nitrogens with one attached hydrogen (secondary N) is 2. The molecular weight excluding hydrogens is 599 g/mol. The van der Waals surface area contributed by atoms with Crippen LogP contribution in [-0.2, 0) is 15.8 Å². The van der Waals surface area contributed by atoms with Gasteiger partial charge in [-0.2, -0.15) is 18.3 Å². The molecule has 236 valence electrons. The SMILES string of the molecule is Cc1nn(-c2ccccc2)c2c1[C@H](c1cccc(NC(=O)C3=CCC3)c1)[C@@H](NC(=O)c1cccc(C(F)(F)F)c1)C(=O)N2CCO. The van der Waals surface area contributed by atoms with E-state index in [1.54, 1.807) is 35.9 Å². The highest BCUT2D eigenvalue weighted by Gasteiger charge is 2.46. The first-order chi connectivity index (χ1) is 22.1. The number of hydrogen-bond donors (Lipinski definition) is 3. The topological polar surface area (TPSA) is 117 Å². The van der Waals surface area contributed by atoms with Gasteiger partial charge >= 0.3 is 6.18 Å². The molecule has 46 heavy (non-hydrogen) atoms. The number of aliphatic hydroxyl groups is 1. The summed E-state index contributed by atoms with van der Waals surface area (Å²) in [6, 6.07) is 18.7. The minimum atomic E-state index is -4.67. The molecule has 4 aromatic rings. The van der Waals surface area contributed by atoms with E-state index in [4.69, 9.17) is 5.10 Å². The van der Waals surface area contributed by atoms with Gasteiger partial charge in [-0.3, -0.25) is 19.3 Å². The van der Waals surface area contributed by atoms with E-state index in [1.165, 1.54) is 11.0 Å². The summed E-state index contributed by atoms with van der Waals surface area (Å²) in [4.78, 5) is 41.9.